The van der Waals surface area contributed by atoms with Gasteiger partial charge in [-0.3, -0.25) is 24.1 Å². The summed E-state index contributed by atoms with van der Waals surface area (Å²) in [5.41, 5.74) is 1.33. The van der Waals surface area contributed by atoms with Gasteiger partial charge in [0.15, 0.2) is 5.13 Å². The van der Waals surface area contributed by atoms with Gasteiger partial charge in [0.2, 0.25) is 23.6 Å². The molecule has 1 saturated heterocycles. The van der Waals surface area contributed by atoms with Gasteiger partial charge in [0.25, 0.3) is 0 Å². The molecule has 2 heterocycles. The fourth-order valence-electron chi connectivity index (χ4n) is 4.36. The smallest absolute Gasteiger partial charge is 0.249 e. The largest absolute Gasteiger partial charge is 0.326 e. The lowest BCUT2D eigenvalue weighted by atomic mass is 9.85. The molecule has 1 aromatic carbocycles. The van der Waals surface area contributed by atoms with Gasteiger partial charge in [0.05, 0.1) is 22.1 Å². The molecule has 2 aliphatic rings. The number of thiazole rings is 1. The maximum Gasteiger partial charge on any atom is 0.249 e. The fraction of sp³-hybridized carbons (Fsp3) is 0.435. The summed E-state index contributed by atoms with van der Waals surface area (Å²) < 4.78 is 0.803. The highest BCUT2D eigenvalue weighted by atomic mass is 32.1. The summed E-state index contributed by atoms with van der Waals surface area (Å²) in [6.45, 7) is 5.35. The Morgan fingerprint density at radius 1 is 1.12 bits per heavy atom. The summed E-state index contributed by atoms with van der Waals surface area (Å²) in [4.78, 5) is 56.3. The lowest BCUT2D eigenvalue weighted by molar-refractivity contribution is -0.147. The molecule has 0 saturated carbocycles. The molecule has 1 aliphatic heterocycles. The molecule has 2 aromatic rings. The van der Waals surface area contributed by atoms with E-state index in [-0.39, 0.29) is 35.5 Å². The number of likely N-dealkylation sites (tertiary alicyclic amines) is 1. The Morgan fingerprint density at radius 3 is 2.38 bits per heavy atom. The van der Waals surface area contributed by atoms with E-state index in [0.29, 0.717) is 35.6 Å². The van der Waals surface area contributed by atoms with Crippen LogP contribution in [0, 0.1) is 17.8 Å². The van der Waals surface area contributed by atoms with Gasteiger partial charge in [-0.2, -0.15) is 0 Å². The predicted molar refractivity (Wildman–Crippen MR) is 123 cm³/mol. The Bertz CT molecular complexity index is 1100. The van der Waals surface area contributed by atoms with Gasteiger partial charge in [-0.15, -0.1) is 0 Å². The summed E-state index contributed by atoms with van der Waals surface area (Å²) in [5.74, 6) is -1.72. The monoisotopic (exact) mass is 454 g/mol. The highest BCUT2D eigenvalue weighted by Crippen LogP contribution is 2.37. The van der Waals surface area contributed by atoms with Crippen molar-refractivity contribution in [2.45, 2.75) is 46.1 Å². The predicted octanol–water partition coefficient (Wildman–Crippen LogP) is 3.56. The van der Waals surface area contributed by atoms with Crippen LogP contribution in [0.15, 0.2) is 30.4 Å². The first-order valence-electron chi connectivity index (χ1n) is 10.8. The Labute approximate surface area is 190 Å². The van der Waals surface area contributed by atoms with Gasteiger partial charge >= 0.3 is 0 Å². The van der Waals surface area contributed by atoms with Crippen molar-refractivity contribution in [3.8, 4) is 0 Å². The molecule has 1 fully saturated rings. The highest BCUT2D eigenvalue weighted by Gasteiger charge is 2.51. The summed E-state index contributed by atoms with van der Waals surface area (Å²) in [6.07, 6.45) is 5.33. The van der Waals surface area contributed by atoms with Crippen LogP contribution in [-0.2, 0) is 19.2 Å². The summed E-state index contributed by atoms with van der Waals surface area (Å²) in [5, 5.41) is 5.93. The van der Waals surface area contributed by atoms with Gasteiger partial charge in [0, 0.05) is 12.6 Å². The van der Waals surface area contributed by atoms with Crippen molar-refractivity contribution in [1.82, 2.24) is 9.88 Å². The number of carbonyl (C=O) groups is 4. The van der Waals surface area contributed by atoms with Gasteiger partial charge in [-0.25, -0.2) is 4.98 Å². The molecule has 1 aromatic heterocycles. The van der Waals surface area contributed by atoms with Crippen LogP contribution in [0.3, 0.4) is 0 Å². The minimum Gasteiger partial charge on any atom is -0.326 e. The maximum absolute atomic E-state index is 13.3. The van der Waals surface area contributed by atoms with Gasteiger partial charge in [0.1, 0.15) is 6.04 Å². The molecule has 2 N–H and O–H groups in total. The second kappa shape index (κ2) is 8.82. The summed E-state index contributed by atoms with van der Waals surface area (Å²) in [7, 11) is 0. The van der Waals surface area contributed by atoms with Crippen molar-refractivity contribution in [2.75, 3.05) is 10.6 Å². The number of anilines is 2. The normalized spacial score (nSPS) is 21.2. The van der Waals surface area contributed by atoms with Crippen LogP contribution in [0.2, 0.25) is 0 Å². The van der Waals surface area contributed by atoms with E-state index in [0.717, 1.165) is 4.70 Å². The number of hydrogen-bond acceptors (Lipinski definition) is 6. The fourth-order valence-corrected chi connectivity index (χ4v) is 5.27. The minimum absolute atomic E-state index is 0.114. The zero-order valence-electron chi connectivity index (χ0n) is 18.3. The van der Waals surface area contributed by atoms with Crippen molar-refractivity contribution in [3.63, 3.8) is 0 Å². The SMILES string of the molecule is CC(=O)Nc1ccc2nc(NC(=O)C(CC(C)C)N3C(=O)C4CC=CCC4C3=O)sc2c1. The van der Waals surface area contributed by atoms with Crippen molar-refractivity contribution >= 4 is 56.0 Å². The average molecular weight is 455 g/mol. The summed E-state index contributed by atoms with van der Waals surface area (Å²) in [6, 6.07) is 4.43. The topological polar surface area (TPSA) is 108 Å². The number of imide groups is 1. The number of rotatable bonds is 6. The maximum atomic E-state index is 13.3. The number of amides is 4. The quantitative estimate of drug-likeness (QED) is 0.512. The van der Waals surface area contributed by atoms with Crippen LogP contribution in [0.5, 0.6) is 0 Å². The first-order chi connectivity index (χ1) is 15.2. The van der Waals surface area contributed by atoms with Crippen molar-refractivity contribution in [2.24, 2.45) is 17.8 Å². The van der Waals surface area contributed by atoms with Crippen molar-refractivity contribution in [3.05, 3.63) is 30.4 Å². The van der Waals surface area contributed by atoms with Gasteiger partial charge in [-0.1, -0.05) is 37.3 Å². The molecule has 0 spiro atoms. The van der Waals surface area contributed by atoms with Crippen molar-refractivity contribution in [1.29, 1.82) is 0 Å². The number of nitrogens with one attached hydrogen (secondary N) is 2. The first kappa shape index (κ1) is 22.1. The summed E-state index contributed by atoms with van der Waals surface area (Å²) >= 11 is 1.27. The molecule has 32 heavy (non-hydrogen) atoms. The van der Waals surface area contributed by atoms with E-state index < -0.39 is 11.9 Å². The molecule has 0 radical (unpaired) electrons. The molecule has 3 unspecified atom stereocenters. The zero-order chi connectivity index (χ0) is 23.0. The third-order valence-corrected chi connectivity index (χ3v) is 6.72. The number of hydrogen-bond donors (Lipinski definition) is 2. The molecular weight excluding hydrogens is 428 g/mol. The van der Waals surface area contributed by atoms with E-state index in [1.165, 1.54) is 23.2 Å². The minimum atomic E-state index is -0.873. The molecule has 4 amide bonds. The highest BCUT2D eigenvalue weighted by molar-refractivity contribution is 7.22. The molecule has 0 bridgehead atoms. The van der Waals surface area contributed by atoms with Crippen molar-refractivity contribution < 1.29 is 19.2 Å². The number of benzene rings is 1. The Hall–Kier alpha value is -3.07. The van der Waals surface area contributed by atoms with E-state index in [1.807, 2.05) is 26.0 Å². The molecular formula is C23H26N4O4S. The lowest BCUT2D eigenvalue weighted by Gasteiger charge is -2.26. The third kappa shape index (κ3) is 4.29. The molecule has 4 rings (SSSR count). The van der Waals surface area contributed by atoms with Crippen LogP contribution >= 0.6 is 11.3 Å². The van der Waals surface area contributed by atoms with Crippen LogP contribution in [-0.4, -0.2) is 39.6 Å². The van der Waals surface area contributed by atoms with E-state index in [4.69, 9.17) is 0 Å². The van der Waals surface area contributed by atoms with E-state index in [1.54, 1.807) is 18.2 Å². The Morgan fingerprint density at radius 2 is 1.78 bits per heavy atom. The van der Waals surface area contributed by atoms with E-state index in [2.05, 4.69) is 15.6 Å². The number of allylic oxidation sites excluding steroid dienone is 2. The molecule has 1 aliphatic carbocycles. The molecule has 8 nitrogen and oxygen atoms in total. The molecule has 9 heteroatoms. The zero-order valence-corrected chi connectivity index (χ0v) is 19.1. The lowest BCUT2D eigenvalue weighted by Crippen LogP contribution is -2.48. The number of nitrogens with zero attached hydrogens (tertiary/aromatic N) is 2. The van der Waals surface area contributed by atoms with E-state index >= 15 is 0 Å². The molecule has 3 atom stereocenters. The standard InChI is InChI=1S/C23H26N4O4S/c1-12(2)10-18(27-21(30)15-6-4-5-7-16(15)22(27)31)20(29)26-23-25-17-9-8-14(24-13(3)28)11-19(17)32-23/h4-5,8-9,11-12,15-16,18H,6-7,10H2,1-3H3,(H,24,28)(H,25,26,29). The van der Waals surface area contributed by atoms with Crippen LogP contribution in [0.1, 0.15) is 40.0 Å². The Kier molecular flexibility index (Phi) is 6.10. The molecule has 168 valence electrons. The Balaban J connectivity index is 1.57. The van der Waals surface area contributed by atoms with Gasteiger partial charge in [-0.05, 0) is 43.4 Å². The van der Waals surface area contributed by atoms with Gasteiger partial charge < -0.3 is 10.6 Å². The average Bonchev–Trinajstić information content (AvgIpc) is 3.24. The van der Waals surface area contributed by atoms with Crippen LogP contribution in [0.4, 0.5) is 10.8 Å². The van der Waals surface area contributed by atoms with Crippen LogP contribution < -0.4 is 10.6 Å². The third-order valence-electron chi connectivity index (χ3n) is 5.79. The van der Waals surface area contributed by atoms with Crippen LogP contribution in [0.25, 0.3) is 10.2 Å². The second-order valence-corrected chi connectivity index (χ2v) is 9.75. The number of carbonyl (C=O) groups excluding carboxylic acids is 4. The number of fused-ring (bicyclic) bond motifs is 2. The first-order valence-corrected chi connectivity index (χ1v) is 11.6. The van der Waals surface area contributed by atoms with E-state index in [9.17, 15) is 19.2 Å². The second-order valence-electron chi connectivity index (χ2n) is 8.72. The number of aromatic nitrogens is 1.